The van der Waals surface area contributed by atoms with Crippen LogP contribution in [0, 0.1) is 0 Å². The van der Waals surface area contributed by atoms with Crippen LogP contribution in [0.1, 0.15) is 9.67 Å². The number of anilines is 1. The zero-order chi connectivity index (χ0) is 24.9. The fraction of sp³-hybridized carbons (Fsp3) is 0.179. The lowest BCUT2D eigenvalue weighted by molar-refractivity contribution is -0.130. The van der Waals surface area contributed by atoms with Gasteiger partial charge in [-0.05, 0) is 24.3 Å². The molecular weight excluding hydrogens is 492 g/mol. The van der Waals surface area contributed by atoms with E-state index in [2.05, 4.69) is 10.2 Å². The molecule has 8 heteroatoms. The third-order valence-electron chi connectivity index (χ3n) is 6.13. The Morgan fingerprint density at radius 1 is 0.833 bits per heavy atom. The monoisotopic (exact) mass is 516 g/mol. The Labute approximate surface area is 219 Å². The van der Waals surface area contributed by atoms with Crippen LogP contribution in [0.5, 0.6) is 0 Å². The van der Waals surface area contributed by atoms with Crippen LogP contribution in [0.3, 0.4) is 0 Å². The van der Waals surface area contributed by atoms with Crippen LogP contribution in [0.15, 0.2) is 84.9 Å². The molecule has 5 rings (SSSR count). The van der Waals surface area contributed by atoms with Crippen molar-refractivity contribution in [3.63, 3.8) is 0 Å². The number of nitrogens with zero attached hydrogens (tertiary/aromatic N) is 3. The van der Waals surface area contributed by atoms with Crippen molar-refractivity contribution in [3.05, 3.63) is 94.8 Å². The zero-order valence-electron chi connectivity index (χ0n) is 19.6. The molecule has 36 heavy (non-hydrogen) atoms. The van der Waals surface area contributed by atoms with E-state index in [1.54, 1.807) is 4.90 Å². The summed E-state index contributed by atoms with van der Waals surface area (Å²) in [7, 11) is 0. The van der Waals surface area contributed by atoms with Crippen molar-refractivity contribution in [2.75, 3.05) is 37.6 Å². The number of aromatic nitrogens is 1. The molecule has 1 aliphatic heterocycles. The molecule has 0 atom stereocenters. The Morgan fingerprint density at radius 3 is 2.08 bits per heavy atom. The number of benzene rings is 3. The SMILES string of the molecule is O=C(NCC(=O)N1CCN(c2ccc(Cl)cc2)CC1)c1sc(-c2ccccc2)nc1-c1ccccc1. The summed E-state index contributed by atoms with van der Waals surface area (Å²) in [6.07, 6.45) is 0. The van der Waals surface area contributed by atoms with Crippen molar-refractivity contribution in [2.45, 2.75) is 0 Å². The summed E-state index contributed by atoms with van der Waals surface area (Å²) in [5.41, 5.74) is 3.53. The van der Waals surface area contributed by atoms with E-state index in [9.17, 15) is 9.59 Å². The molecule has 2 heterocycles. The highest BCUT2D eigenvalue weighted by molar-refractivity contribution is 7.17. The second kappa shape index (κ2) is 10.9. The average Bonchev–Trinajstić information content (AvgIpc) is 3.39. The van der Waals surface area contributed by atoms with Crippen molar-refractivity contribution < 1.29 is 9.59 Å². The Morgan fingerprint density at radius 2 is 1.44 bits per heavy atom. The first-order valence-electron chi connectivity index (χ1n) is 11.8. The predicted octanol–water partition coefficient (Wildman–Crippen LogP) is 5.21. The number of carbonyl (C=O) groups excluding carboxylic acids is 2. The summed E-state index contributed by atoms with van der Waals surface area (Å²) in [6, 6.07) is 27.2. The van der Waals surface area contributed by atoms with Gasteiger partial charge in [-0.3, -0.25) is 9.59 Å². The summed E-state index contributed by atoms with van der Waals surface area (Å²) in [4.78, 5) is 35.4. The minimum Gasteiger partial charge on any atom is -0.368 e. The van der Waals surface area contributed by atoms with Gasteiger partial charge < -0.3 is 15.1 Å². The Balaban J connectivity index is 1.24. The molecule has 0 radical (unpaired) electrons. The van der Waals surface area contributed by atoms with Crippen molar-refractivity contribution in [3.8, 4) is 21.8 Å². The molecule has 1 aromatic heterocycles. The lowest BCUT2D eigenvalue weighted by Crippen LogP contribution is -2.51. The second-order valence-corrected chi connectivity index (χ2v) is 9.89. The van der Waals surface area contributed by atoms with Crippen molar-refractivity contribution in [1.82, 2.24) is 15.2 Å². The molecule has 3 aromatic carbocycles. The van der Waals surface area contributed by atoms with Gasteiger partial charge in [-0.1, -0.05) is 72.3 Å². The van der Waals surface area contributed by atoms with Crippen molar-refractivity contribution in [1.29, 1.82) is 0 Å². The van der Waals surface area contributed by atoms with Crippen LogP contribution in [0.4, 0.5) is 5.69 Å². The highest BCUT2D eigenvalue weighted by Crippen LogP contribution is 2.33. The number of rotatable bonds is 6. The molecule has 6 nitrogen and oxygen atoms in total. The molecule has 4 aromatic rings. The van der Waals surface area contributed by atoms with Gasteiger partial charge in [0, 0.05) is 48.0 Å². The maximum Gasteiger partial charge on any atom is 0.264 e. The first kappa shape index (κ1) is 24.0. The zero-order valence-corrected chi connectivity index (χ0v) is 21.1. The molecule has 0 bridgehead atoms. The molecule has 1 N–H and O–H groups in total. The van der Waals surface area contributed by atoms with Crippen LogP contribution >= 0.6 is 22.9 Å². The van der Waals surface area contributed by atoms with Gasteiger partial charge >= 0.3 is 0 Å². The lowest BCUT2D eigenvalue weighted by Gasteiger charge is -2.36. The largest absolute Gasteiger partial charge is 0.368 e. The van der Waals surface area contributed by atoms with Crippen molar-refractivity contribution >= 4 is 40.4 Å². The van der Waals surface area contributed by atoms with Crippen LogP contribution in [0.25, 0.3) is 21.8 Å². The van der Waals surface area contributed by atoms with Crippen LogP contribution in [-0.4, -0.2) is 54.4 Å². The molecule has 0 spiro atoms. The molecule has 0 aliphatic carbocycles. The molecule has 1 saturated heterocycles. The topological polar surface area (TPSA) is 65.5 Å². The summed E-state index contributed by atoms with van der Waals surface area (Å²) in [6.45, 7) is 2.62. The first-order chi connectivity index (χ1) is 17.6. The summed E-state index contributed by atoms with van der Waals surface area (Å²) < 4.78 is 0. The average molecular weight is 517 g/mol. The first-order valence-corrected chi connectivity index (χ1v) is 13.0. The lowest BCUT2D eigenvalue weighted by atomic mass is 10.1. The number of thiazole rings is 1. The second-order valence-electron chi connectivity index (χ2n) is 8.46. The van der Waals surface area contributed by atoms with E-state index in [1.807, 2.05) is 84.9 Å². The van der Waals surface area contributed by atoms with E-state index in [1.165, 1.54) is 11.3 Å². The van der Waals surface area contributed by atoms with E-state index in [0.29, 0.717) is 28.7 Å². The molecular formula is C28H25ClN4O2S. The maximum atomic E-state index is 13.2. The number of halogens is 1. The molecule has 182 valence electrons. The van der Waals surface area contributed by atoms with Gasteiger partial charge in [-0.2, -0.15) is 0 Å². The summed E-state index contributed by atoms with van der Waals surface area (Å²) >= 11 is 7.33. The molecule has 1 aliphatic rings. The third-order valence-corrected chi connectivity index (χ3v) is 7.48. The van der Waals surface area contributed by atoms with Gasteiger partial charge in [0.05, 0.1) is 12.2 Å². The summed E-state index contributed by atoms with van der Waals surface area (Å²) in [5, 5.41) is 4.30. The van der Waals surface area contributed by atoms with E-state index in [-0.39, 0.29) is 18.4 Å². The molecule has 2 amide bonds. The van der Waals surface area contributed by atoms with Crippen LogP contribution in [0.2, 0.25) is 5.02 Å². The number of nitrogens with one attached hydrogen (secondary N) is 1. The third kappa shape index (κ3) is 5.42. The Hall–Kier alpha value is -3.68. The fourth-order valence-corrected chi connectivity index (χ4v) is 5.32. The number of hydrogen-bond donors (Lipinski definition) is 1. The Kier molecular flexibility index (Phi) is 7.30. The van der Waals surface area contributed by atoms with E-state index in [4.69, 9.17) is 16.6 Å². The van der Waals surface area contributed by atoms with Gasteiger partial charge in [0.1, 0.15) is 9.88 Å². The smallest absolute Gasteiger partial charge is 0.264 e. The Bertz CT molecular complexity index is 1340. The van der Waals surface area contributed by atoms with Crippen LogP contribution in [-0.2, 0) is 4.79 Å². The van der Waals surface area contributed by atoms with Crippen LogP contribution < -0.4 is 10.2 Å². The minimum atomic E-state index is -0.290. The van der Waals surface area contributed by atoms with E-state index in [0.717, 1.165) is 34.9 Å². The normalized spacial score (nSPS) is 13.5. The van der Waals surface area contributed by atoms with Crippen molar-refractivity contribution in [2.24, 2.45) is 0 Å². The number of amides is 2. The standard InChI is InChI=1S/C28H25ClN4O2S/c29-22-11-13-23(14-12-22)32-15-17-33(18-16-32)24(34)19-30-27(35)26-25(20-7-3-1-4-8-20)31-28(36-26)21-9-5-2-6-10-21/h1-14H,15-19H2,(H,30,35). The summed E-state index contributed by atoms with van der Waals surface area (Å²) in [5.74, 6) is -0.380. The van der Waals surface area contributed by atoms with Gasteiger partial charge in [-0.15, -0.1) is 11.3 Å². The highest BCUT2D eigenvalue weighted by Gasteiger charge is 2.24. The number of hydrogen-bond acceptors (Lipinski definition) is 5. The fourth-order valence-electron chi connectivity index (χ4n) is 4.18. The number of piperazine rings is 1. The quantitative estimate of drug-likeness (QED) is 0.382. The molecule has 0 saturated carbocycles. The van der Waals surface area contributed by atoms with Gasteiger partial charge in [-0.25, -0.2) is 4.98 Å². The molecule has 1 fully saturated rings. The van der Waals surface area contributed by atoms with Gasteiger partial charge in [0.2, 0.25) is 5.91 Å². The van der Waals surface area contributed by atoms with Gasteiger partial charge in [0.15, 0.2) is 0 Å². The predicted molar refractivity (Wildman–Crippen MR) is 146 cm³/mol. The maximum absolute atomic E-state index is 13.2. The number of carbonyl (C=O) groups is 2. The van der Waals surface area contributed by atoms with Gasteiger partial charge in [0.25, 0.3) is 5.91 Å². The minimum absolute atomic E-state index is 0.0490. The highest BCUT2D eigenvalue weighted by atomic mass is 35.5. The van der Waals surface area contributed by atoms with E-state index >= 15 is 0 Å². The van der Waals surface area contributed by atoms with E-state index < -0.39 is 0 Å². The molecule has 0 unspecified atom stereocenters.